The molecule has 0 atom stereocenters. The molecular formula is C19H13NO. The molecule has 3 aromatic carbocycles. The number of pyridine rings is 1. The van der Waals surface area contributed by atoms with Crippen molar-refractivity contribution in [3.63, 3.8) is 0 Å². The van der Waals surface area contributed by atoms with Gasteiger partial charge in [0.15, 0.2) is 0 Å². The summed E-state index contributed by atoms with van der Waals surface area (Å²) < 4.78 is 0. The molecule has 2 nitrogen and oxygen atoms in total. The van der Waals surface area contributed by atoms with E-state index in [1.165, 1.54) is 5.39 Å². The van der Waals surface area contributed by atoms with Crippen LogP contribution in [0, 0.1) is 0 Å². The van der Waals surface area contributed by atoms with Gasteiger partial charge in [-0.05, 0) is 35.7 Å². The fourth-order valence-corrected chi connectivity index (χ4v) is 2.74. The van der Waals surface area contributed by atoms with Crippen LogP contribution in [0.1, 0.15) is 0 Å². The van der Waals surface area contributed by atoms with E-state index in [-0.39, 0.29) is 5.75 Å². The Kier molecular flexibility index (Phi) is 2.61. The molecule has 1 heterocycles. The van der Waals surface area contributed by atoms with E-state index in [0.29, 0.717) is 0 Å². The summed E-state index contributed by atoms with van der Waals surface area (Å²) in [6, 6.07) is 23.7. The maximum Gasteiger partial charge on any atom is 0.115 e. The number of para-hydroxylation sites is 1. The molecule has 0 aliphatic rings. The standard InChI is InChI=1S/C19H13NO/c21-14-11-9-13(10-12-14)19-17-7-2-1-5-15(17)16-6-3-4-8-18(16)20-19/h1-12,21H. The Morgan fingerprint density at radius 3 is 2.00 bits per heavy atom. The molecule has 1 aromatic heterocycles. The van der Waals surface area contributed by atoms with Crippen LogP contribution in [-0.4, -0.2) is 10.1 Å². The van der Waals surface area contributed by atoms with Crippen LogP contribution in [0.4, 0.5) is 0 Å². The molecule has 0 aliphatic carbocycles. The van der Waals surface area contributed by atoms with Crippen LogP contribution in [0.3, 0.4) is 0 Å². The van der Waals surface area contributed by atoms with Crippen molar-refractivity contribution in [2.24, 2.45) is 0 Å². The summed E-state index contributed by atoms with van der Waals surface area (Å²) >= 11 is 0. The van der Waals surface area contributed by atoms with E-state index < -0.39 is 0 Å². The minimum absolute atomic E-state index is 0.267. The van der Waals surface area contributed by atoms with Gasteiger partial charge in [0.05, 0.1) is 11.2 Å². The van der Waals surface area contributed by atoms with Crippen molar-refractivity contribution in [1.29, 1.82) is 0 Å². The minimum atomic E-state index is 0.267. The van der Waals surface area contributed by atoms with Crippen LogP contribution in [0.15, 0.2) is 72.8 Å². The SMILES string of the molecule is Oc1ccc(-c2nc3ccccc3c3ccccc23)cc1. The molecule has 0 spiro atoms. The first-order valence-corrected chi connectivity index (χ1v) is 6.90. The van der Waals surface area contributed by atoms with Crippen molar-refractivity contribution in [3.05, 3.63) is 72.8 Å². The van der Waals surface area contributed by atoms with Gasteiger partial charge < -0.3 is 5.11 Å². The first-order chi connectivity index (χ1) is 10.3. The molecule has 2 heteroatoms. The third-order valence-electron chi connectivity index (χ3n) is 3.75. The number of rotatable bonds is 1. The lowest BCUT2D eigenvalue weighted by atomic mass is 10.00. The average molecular weight is 271 g/mol. The van der Waals surface area contributed by atoms with Crippen LogP contribution in [0.2, 0.25) is 0 Å². The van der Waals surface area contributed by atoms with Crippen molar-refractivity contribution in [1.82, 2.24) is 4.98 Å². The van der Waals surface area contributed by atoms with Crippen molar-refractivity contribution in [2.75, 3.05) is 0 Å². The van der Waals surface area contributed by atoms with E-state index in [4.69, 9.17) is 4.98 Å². The smallest absolute Gasteiger partial charge is 0.115 e. The number of nitrogens with zero attached hydrogens (tertiary/aromatic N) is 1. The largest absolute Gasteiger partial charge is 0.508 e. The molecule has 21 heavy (non-hydrogen) atoms. The van der Waals surface area contributed by atoms with Gasteiger partial charge in [-0.3, -0.25) is 0 Å². The molecule has 4 rings (SSSR count). The number of fused-ring (bicyclic) bond motifs is 3. The highest BCUT2D eigenvalue weighted by Gasteiger charge is 2.09. The normalized spacial score (nSPS) is 11.0. The number of hydrogen-bond acceptors (Lipinski definition) is 2. The molecule has 0 fully saturated rings. The molecule has 100 valence electrons. The Bertz CT molecular complexity index is 942. The molecule has 0 saturated carbocycles. The van der Waals surface area contributed by atoms with Crippen LogP contribution >= 0.6 is 0 Å². The van der Waals surface area contributed by atoms with Gasteiger partial charge >= 0.3 is 0 Å². The zero-order valence-electron chi connectivity index (χ0n) is 11.3. The topological polar surface area (TPSA) is 33.1 Å². The van der Waals surface area contributed by atoms with E-state index >= 15 is 0 Å². The number of phenolic OH excluding ortho intramolecular Hbond substituents is 1. The average Bonchev–Trinajstić information content (AvgIpc) is 2.55. The van der Waals surface area contributed by atoms with Crippen LogP contribution in [-0.2, 0) is 0 Å². The second-order valence-corrected chi connectivity index (χ2v) is 5.07. The lowest BCUT2D eigenvalue weighted by molar-refractivity contribution is 0.475. The zero-order valence-corrected chi connectivity index (χ0v) is 11.3. The van der Waals surface area contributed by atoms with E-state index in [0.717, 1.165) is 27.5 Å². The lowest BCUT2D eigenvalue weighted by Crippen LogP contribution is -1.89. The van der Waals surface area contributed by atoms with Crippen molar-refractivity contribution >= 4 is 21.7 Å². The summed E-state index contributed by atoms with van der Waals surface area (Å²) in [5, 5.41) is 13.0. The second-order valence-electron chi connectivity index (χ2n) is 5.07. The van der Waals surface area contributed by atoms with Gasteiger partial charge in [0.25, 0.3) is 0 Å². The molecule has 0 bridgehead atoms. The van der Waals surface area contributed by atoms with Gasteiger partial charge in [0.1, 0.15) is 5.75 Å². The summed E-state index contributed by atoms with van der Waals surface area (Å²) in [5.74, 6) is 0.267. The fraction of sp³-hybridized carbons (Fsp3) is 0. The van der Waals surface area contributed by atoms with Crippen LogP contribution in [0.5, 0.6) is 5.75 Å². The Morgan fingerprint density at radius 1 is 0.619 bits per heavy atom. The van der Waals surface area contributed by atoms with Crippen LogP contribution in [0.25, 0.3) is 32.9 Å². The van der Waals surface area contributed by atoms with Crippen molar-refractivity contribution in [2.45, 2.75) is 0 Å². The number of aromatic hydroxyl groups is 1. The summed E-state index contributed by atoms with van der Waals surface area (Å²) in [4.78, 5) is 4.82. The Balaban J connectivity index is 2.13. The molecule has 0 unspecified atom stereocenters. The molecule has 0 saturated heterocycles. The molecule has 4 aromatic rings. The van der Waals surface area contributed by atoms with Gasteiger partial charge in [-0.1, -0.05) is 42.5 Å². The zero-order chi connectivity index (χ0) is 14.2. The van der Waals surface area contributed by atoms with Gasteiger partial charge in [0.2, 0.25) is 0 Å². The third kappa shape index (κ3) is 1.93. The third-order valence-corrected chi connectivity index (χ3v) is 3.75. The molecule has 1 N–H and O–H groups in total. The number of phenols is 1. The highest BCUT2D eigenvalue weighted by molar-refractivity contribution is 6.10. The molecule has 0 aliphatic heterocycles. The van der Waals surface area contributed by atoms with E-state index in [2.05, 4.69) is 24.3 Å². The maximum absolute atomic E-state index is 9.47. The Labute approximate surface area is 122 Å². The molecule has 0 radical (unpaired) electrons. The van der Waals surface area contributed by atoms with Gasteiger partial charge in [-0.15, -0.1) is 0 Å². The Morgan fingerprint density at radius 2 is 1.24 bits per heavy atom. The predicted molar refractivity (Wildman–Crippen MR) is 86.3 cm³/mol. The number of benzene rings is 3. The monoisotopic (exact) mass is 271 g/mol. The maximum atomic E-state index is 9.47. The Hall–Kier alpha value is -2.87. The van der Waals surface area contributed by atoms with E-state index in [1.807, 2.05) is 36.4 Å². The highest BCUT2D eigenvalue weighted by atomic mass is 16.3. The van der Waals surface area contributed by atoms with E-state index in [1.54, 1.807) is 12.1 Å². The lowest BCUT2D eigenvalue weighted by Gasteiger charge is -2.09. The minimum Gasteiger partial charge on any atom is -0.508 e. The summed E-state index contributed by atoms with van der Waals surface area (Å²) in [5.41, 5.74) is 2.94. The highest BCUT2D eigenvalue weighted by Crippen LogP contribution is 2.32. The number of hydrogen-bond donors (Lipinski definition) is 1. The first kappa shape index (κ1) is 11.9. The van der Waals surface area contributed by atoms with Crippen molar-refractivity contribution < 1.29 is 5.11 Å². The molecule has 0 amide bonds. The summed E-state index contributed by atoms with van der Waals surface area (Å²) in [6.45, 7) is 0. The number of aromatic nitrogens is 1. The summed E-state index contributed by atoms with van der Waals surface area (Å²) in [7, 11) is 0. The van der Waals surface area contributed by atoms with Crippen LogP contribution < -0.4 is 0 Å². The van der Waals surface area contributed by atoms with Gasteiger partial charge in [-0.2, -0.15) is 0 Å². The quantitative estimate of drug-likeness (QED) is 0.506. The fourth-order valence-electron chi connectivity index (χ4n) is 2.74. The predicted octanol–water partition coefficient (Wildman–Crippen LogP) is 4.76. The van der Waals surface area contributed by atoms with E-state index in [9.17, 15) is 5.11 Å². The summed E-state index contributed by atoms with van der Waals surface area (Å²) in [6.07, 6.45) is 0. The first-order valence-electron chi connectivity index (χ1n) is 6.90. The van der Waals surface area contributed by atoms with Gasteiger partial charge in [0, 0.05) is 16.3 Å². The molecular weight excluding hydrogens is 258 g/mol. The van der Waals surface area contributed by atoms with Gasteiger partial charge in [-0.25, -0.2) is 4.98 Å². The van der Waals surface area contributed by atoms with Crippen molar-refractivity contribution in [3.8, 4) is 17.0 Å². The second kappa shape index (κ2) is 4.60.